The van der Waals surface area contributed by atoms with Gasteiger partial charge in [-0.1, -0.05) is 30.3 Å². The Kier molecular flexibility index (Phi) is 7.05. The minimum atomic E-state index is -3.55. The van der Waals surface area contributed by atoms with E-state index in [-0.39, 0.29) is 16.8 Å². The van der Waals surface area contributed by atoms with Crippen molar-refractivity contribution in [2.45, 2.75) is 36.6 Å². The Labute approximate surface area is 173 Å². The molecule has 3 rings (SSSR count). The SMILES string of the molecule is CN1CCC(N(C)S(=O)(=O)c2ccc(NC(=O)CCc3ccccc3)cc2)CC1. The standard InChI is InChI=1S/C22H29N3O3S/c1-24-16-14-20(15-17-24)25(2)29(27,28)21-11-9-19(10-12-21)23-22(26)13-8-18-6-4-3-5-7-18/h3-7,9-12,20H,8,13-17H2,1-2H3,(H,23,26). The van der Waals surface area contributed by atoms with Gasteiger partial charge in [0.15, 0.2) is 0 Å². The Balaban J connectivity index is 1.58. The van der Waals surface area contributed by atoms with E-state index in [0.717, 1.165) is 31.5 Å². The fraction of sp³-hybridized carbons (Fsp3) is 0.409. The molecular formula is C22H29N3O3S. The number of hydrogen-bond donors (Lipinski definition) is 1. The first-order valence-electron chi connectivity index (χ1n) is 9.96. The lowest BCUT2D eigenvalue weighted by atomic mass is 10.1. The molecule has 0 saturated carbocycles. The van der Waals surface area contributed by atoms with Crippen LogP contribution in [0.1, 0.15) is 24.8 Å². The number of benzene rings is 2. The zero-order valence-electron chi connectivity index (χ0n) is 17.0. The number of carbonyl (C=O) groups is 1. The molecule has 2 aromatic rings. The maximum absolute atomic E-state index is 12.9. The molecule has 0 aromatic heterocycles. The lowest BCUT2D eigenvalue weighted by Crippen LogP contribution is -2.44. The van der Waals surface area contributed by atoms with Gasteiger partial charge in [0.05, 0.1) is 4.90 Å². The van der Waals surface area contributed by atoms with Gasteiger partial charge in [-0.05, 0) is 69.2 Å². The van der Waals surface area contributed by atoms with Gasteiger partial charge in [-0.25, -0.2) is 8.42 Å². The summed E-state index contributed by atoms with van der Waals surface area (Å²) in [5, 5.41) is 2.84. The molecular weight excluding hydrogens is 386 g/mol. The van der Waals surface area contributed by atoms with E-state index < -0.39 is 10.0 Å². The summed E-state index contributed by atoms with van der Waals surface area (Å²) in [7, 11) is 0.165. The topological polar surface area (TPSA) is 69.7 Å². The number of piperidine rings is 1. The van der Waals surface area contributed by atoms with Crippen LogP contribution in [0.25, 0.3) is 0 Å². The van der Waals surface area contributed by atoms with Crippen molar-refractivity contribution in [2.75, 3.05) is 32.5 Å². The molecule has 0 unspecified atom stereocenters. The average molecular weight is 416 g/mol. The molecule has 1 heterocycles. The second-order valence-corrected chi connectivity index (χ2v) is 9.61. The maximum atomic E-state index is 12.9. The maximum Gasteiger partial charge on any atom is 0.243 e. The monoisotopic (exact) mass is 415 g/mol. The van der Waals surface area contributed by atoms with Crippen LogP contribution in [-0.4, -0.2) is 56.8 Å². The quantitative estimate of drug-likeness (QED) is 0.755. The smallest absolute Gasteiger partial charge is 0.243 e. The number of rotatable bonds is 7. The second kappa shape index (κ2) is 9.52. The highest BCUT2D eigenvalue weighted by Gasteiger charge is 2.30. The van der Waals surface area contributed by atoms with E-state index in [1.165, 1.54) is 4.31 Å². The Hall–Kier alpha value is -2.22. The average Bonchev–Trinajstić information content (AvgIpc) is 2.73. The lowest BCUT2D eigenvalue weighted by Gasteiger charge is -2.34. The predicted octanol–water partition coefficient (Wildman–Crippen LogP) is 2.97. The predicted molar refractivity (Wildman–Crippen MR) is 115 cm³/mol. The van der Waals surface area contributed by atoms with Gasteiger partial charge in [-0.2, -0.15) is 4.31 Å². The van der Waals surface area contributed by atoms with Gasteiger partial charge in [0, 0.05) is 25.2 Å². The van der Waals surface area contributed by atoms with Crippen molar-refractivity contribution in [2.24, 2.45) is 0 Å². The van der Waals surface area contributed by atoms with Crippen LogP contribution in [0.5, 0.6) is 0 Å². The number of nitrogens with one attached hydrogen (secondary N) is 1. The van der Waals surface area contributed by atoms with Gasteiger partial charge in [-0.3, -0.25) is 4.79 Å². The molecule has 156 valence electrons. The molecule has 0 radical (unpaired) electrons. The van der Waals surface area contributed by atoms with Crippen molar-refractivity contribution < 1.29 is 13.2 Å². The summed E-state index contributed by atoms with van der Waals surface area (Å²) >= 11 is 0. The van der Waals surface area contributed by atoms with Crippen LogP contribution in [0.4, 0.5) is 5.69 Å². The third-order valence-electron chi connectivity index (χ3n) is 5.50. The van der Waals surface area contributed by atoms with Crippen LogP contribution in [-0.2, 0) is 21.2 Å². The molecule has 29 heavy (non-hydrogen) atoms. The highest BCUT2D eigenvalue weighted by molar-refractivity contribution is 7.89. The first kappa shape index (κ1) is 21.5. The molecule has 0 bridgehead atoms. The Morgan fingerprint density at radius 3 is 2.31 bits per heavy atom. The fourth-order valence-electron chi connectivity index (χ4n) is 3.56. The lowest BCUT2D eigenvalue weighted by molar-refractivity contribution is -0.116. The van der Waals surface area contributed by atoms with Crippen LogP contribution < -0.4 is 5.32 Å². The molecule has 1 amide bonds. The largest absolute Gasteiger partial charge is 0.326 e. The van der Waals surface area contributed by atoms with Crippen molar-refractivity contribution in [1.29, 1.82) is 0 Å². The summed E-state index contributed by atoms with van der Waals surface area (Å²) in [4.78, 5) is 14.6. The van der Waals surface area contributed by atoms with Crippen molar-refractivity contribution in [3.8, 4) is 0 Å². The highest BCUT2D eigenvalue weighted by Crippen LogP contribution is 2.23. The van der Waals surface area contributed by atoms with Crippen molar-refractivity contribution in [3.05, 3.63) is 60.2 Å². The Morgan fingerprint density at radius 1 is 1.07 bits per heavy atom. The summed E-state index contributed by atoms with van der Waals surface area (Å²) in [6, 6.07) is 16.3. The number of hydrogen-bond acceptors (Lipinski definition) is 4. The molecule has 1 aliphatic heterocycles. The van der Waals surface area contributed by atoms with Crippen LogP contribution in [0.2, 0.25) is 0 Å². The molecule has 0 aliphatic carbocycles. The molecule has 0 spiro atoms. The second-order valence-electron chi connectivity index (χ2n) is 7.61. The zero-order valence-corrected chi connectivity index (χ0v) is 17.9. The minimum Gasteiger partial charge on any atom is -0.326 e. The van der Waals surface area contributed by atoms with Crippen molar-refractivity contribution in [1.82, 2.24) is 9.21 Å². The van der Waals surface area contributed by atoms with E-state index in [1.54, 1.807) is 31.3 Å². The van der Waals surface area contributed by atoms with E-state index in [9.17, 15) is 13.2 Å². The molecule has 1 aliphatic rings. The molecule has 7 heteroatoms. The highest BCUT2D eigenvalue weighted by atomic mass is 32.2. The van der Waals surface area contributed by atoms with Crippen LogP contribution in [0, 0.1) is 0 Å². The minimum absolute atomic E-state index is 0.0218. The summed E-state index contributed by atoms with van der Waals surface area (Å²) < 4.78 is 27.4. The van der Waals surface area contributed by atoms with Crippen molar-refractivity contribution >= 4 is 21.6 Å². The van der Waals surface area contributed by atoms with E-state index in [4.69, 9.17) is 0 Å². The van der Waals surface area contributed by atoms with Gasteiger partial charge in [-0.15, -0.1) is 0 Å². The molecule has 0 atom stereocenters. The van der Waals surface area contributed by atoms with Crippen molar-refractivity contribution in [3.63, 3.8) is 0 Å². The Morgan fingerprint density at radius 2 is 1.69 bits per heavy atom. The zero-order chi connectivity index (χ0) is 20.9. The summed E-state index contributed by atoms with van der Waals surface area (Å²) in [5.74, 6) is -0.0899. The van der Waals surface area contributed by atoms with E-state index in [0.29, 0.717) is 18.5 Å². The fourth-order valence-corrected chi connectivity index (χ4v) is 4.97. The van der Waals surface area contributed by atoms with Gasteiger partial charge >= 0.3 is 0 Å². The van der Waals surface area contributed by atoms with Gasteiger partial charge in [0.25, 0.3) is 0 Å². The number of amides is 1. The number of aryl methyl sites for hydroxylation is 1. The van der Waals surface area contributed by atoms with Gasteiger partial charge in [0.1, 0.15) is 0 Å². The van der Waals surface area contributed by atoms with E-state index in [2.05, 4.69) is 17.3 Å². The molecule has 2 aromatic carbocycles. The van der Waals surface area contributed by atoms with E-state index in [1.807, 2.05) is 30.3 Å². The molecule has 1 saturated heterocycles. The first-order chi connectivity index (χ1) is 13.9. The van der Waals surface area contributed by atoms with Crippen LogP contribution >= 0.6 is 0 Å². The summed E-state index contributed by atoms with van der Waals surface area (Å²) in [6.45, 7) is 1.80. The van der Waals surface area contributed by atoms with Crippen LogP contribution in [0.3, 0.4) is 0 Å². The summed E-state index contributed by atoms with van der Waals surface area (Å²) in [6.07, 6.45) is 2.72. The number of sulfonamides is 1. The molecule has 6 nitrogen and oxygen atoms in total. The first-order valence-corrected chi connectivity index (χ1v) is 11.4. The third-order valence-corrected chi connectivity index (χ3v) is 7.43. The Bertz CT molecular complexity index is 906. The molecule has 1 fully saturated rings. The normalized spacial score (nSPS) is 16.1. The summed E-state index contributed by atoms with van der Waals surface area (Å²) in [5.41, 5.74) is 1.71. The number of nitrogens with zero attached hydrogens (tertiary/aromatic N) is 2. The third kappa shape index (κ3) is 5.65. The number of likely N-dealkylation sites (tertiary alicyclic amines) is 1. The van der Waals surface area contributed by atoms with Gasteiger partial charge in [0.2, 0.25) is 15.9 Å². The van der Waals surface area contributed by atoms with Gasteiger partial charge < -0.3 is 10.2 Å². The molecule has 1 N–H and O–H groups in total. The number of anilines is 1. The van der Waals surface area contributed by atoms with E-state index >= 15 is 0 Å². The number of carbonyl (C=O) groups excluding carboxylic acids is 1. The van der Waals surface area contributed by atoms with Crippen LogP contribution in [0.15, 0.2) is 59.5 Å².